The van der Waals surface area contributed by atoms with Gasteiger partial charge in [0, 0.05) is 74.2 Å². The van der Waals surface area contributed by atoms with E-state index in [2.05, 4.69) is 41.9 Å². The van der Waals surface area contributed by atoms with Crippen LogP contribution < -0.4 is 25.8 Å². The quantitative estimate of drug-likeness (QED) is 0.0249. The van der Waals surface area contributed by atoms with Crippen LogP contribution >= 0.6 is 10.7 Å². The number of rotatable bonds is 29. The van der Waals surface area contributed by atoms with E-state index in [1.54, 1.807) is 73.6 Å². The lowest BCUT2D eigenvalue weighted by molar-refractivity contribution is -0.0909. The van der Waals surface area contributed by atoms with Crippen molar-refractivity contribution in [3.05, 3.63) is 120 Å². The largest absolute Gasteiger partial charge is 0.443 e. The van der Waals surface area contributed by atoms with E-state index >= 15 is 0 Å². The van der Waals surface area contributed by atoms with Crippen molar-refractivity contribution in [2.24, 2.45) is 22.7 Å². The number of carbonyl (C=O) groups excluding carboxylic acids is 4. The standard InChI is InChI=1S/C37H52N4O9S.C24H35N3O5.C13H18ClNO4S/c1-7-41(35(44)50-36(2,3)4)27-15-11-16-28(22-27)51(45,46)40(25-37(5,6)18-12-19-38)23-31(42)30(21-26-13-9-8-10-14-26)39-34(43)49-32-24-48-33-29(32)17-20-47-33;1-24(2,10-6-11-25)16-26-14-20(28)19(13-17-7-4-3-5-8-17)27-23(29)32-21-15-31-22-18(21)9-12-30-22;1-5-15(12(16)19-13(2,3)4)10-7-6-8-11(9-10)20(14,17)18/h8-11,13-16,22,29-33,42H,7,12,17-18,20-21,23-25H2,1-6H3,(H,39,43);3-5,7-8,18-22,26,28H,6,9-10,12-16H2,1-2H3,(H,27,29);6-9H,5H2,1-4H3/t29-,30-,31+,32-,33+;18-,19-,20+,21-,22+;/m00./s1. The van der Waals surface area contributed by atoms with Gasteiger partial charge in [-0.25, -0.2) is 36.0 Å². The predicted molar refractivity (Wildman–Crippen MR) is 388 cm³/mol. The van der Waals surface area contributed by atoms with Gasteiger partial charge in [0.25, 0.3) is 9.05 Å². The van der Waals surface area contributed by atoms with Gasteiger partial charge < -0.3 is 64.1 Å². The van der Waals surface area contributed by atoms with Crippen molar-refractivity contribution in [3.63, 3.8) is 0 Å². The van der Waals surface area contributed by atoms with E-state index in [0.29, 0.717) is 76.5 Å². The van der Waals surface area contributed by atoms with Crippen molar-refractivity contribution < 1.29 is 84.1 Å². The molecule has 4 fully saturated rings. The van der Waals surface area contributed by atoms with Crippen LogP contribution in [0.3, 0.4) is 0 Å². The summed E-state index contributed by atoms with van der Waals surface area (Å²) in [6.07, 6.45) is -2.13. The minimum absolute atomic E-state index is 0.0349. The fraction of sp³-hybridized carbons (Fsp3) is 0.595. The van der Waals surface area contributed by atoms with Gasteiger partial charge in [0.1, 0.15) is 23.4 Å². The number of carbonyl (C=O) groups is 4. The Morgan fingerprint density at radius 3 is 1.46 bits per heavy atom. The molecule has 0 bridgehead atoms. The zero-order valence-corrected chi connectivity index (χ0v) is 63.6. The summed E-state index contributed by atoms with van der Waals surface area (Å²) >= 11 is 0. The Labute approximate surface area is 612 Å². The molecule has 0 unspecified atom stereocenters. The lowest BCUT2D eigenvalue weighted by atomic mass is 9.88. The third kappa shape index (κ3) is 27.3. The van der Waals surface area contributed by atoms with Gasteiger partial charge in [-0.2, -0.15) is 14.8 Å². The molecule has 4 heterocycles. The molecular weight excluding hydrogens is 1390 g/mol. The molecule has 0 saturated carbocycles. The van der Waals surface area contributed by atoms with Gasteiger partial charge in [-0.15, -0.1) is 0 Å². The number of fused-ring (bicyclic) bond motifs is 2. The van der Waals surface area contributed by atoms with Crippen LogP contribution in [-0.4, -0.2) is 182 Å². The minimum atomic E-state index is -4.31. The number of alkyl carbamates (subject to hydrolysis) is 2. The minimum Gasteiger partial charge on any atom is -0.443 e. The molecule has 5 N–H and O–H groups in total. The van der Waals surface area contributed by atoms with Crippen molar-refractivity contribution in [2.45, 2.75) is 205 Å². The molecule has 568 valence electrons. The van der Waals surface area contributed by atoms with Crippen LogP contribution in [0.2, 0.25) is 0 Å². The van der Waals surface area contributed by atoms with Crippen molar-refractivity contribution in [2.75, 3.05) is 75.5 Å². The van der Waals surface area contributed by atoms with Gasteiger partial charge in [0.15, 0.2) is 12.6 Å². The Morgan fingerprint density at radius 1 is 0.602 bits per heavy atom. The second-order valence-corrected chi connectivity index (χ2v) is 33.9. The molecule has 10 atom stereocenters. The molecular formula is C74H105ClN8O18S2. The van der Waals surface area contributed by atoms with E-state index in [9.17, 15) is 51.5 Å². The number of hydrogen-bond acceptors (Lipinski definition) is 21. The molecule has 4 aliphatic rings. The summed E-state index contributed by atoms with van der Waals surface area (Å²) in [5.74, 6) is -0.0187. The lowest BCUT2D eigenvalue weighted by Crippen LogP contribution is -2.52. The summed E-state index contributed by atoms with van der Waals surface area (Å²) in [5.41, 5.74) is 0.478. The van der Waals surface area contributed by atoms with Gasteiger partial charge in [0.2, 0.25) is 10.0 Å². The number of halogens is 1. The van der Waals surface area contributed by atoms with Crippen LogP contribution in [0.1, 0.15) is 133 Å². The van der Waals surface area contributed by atoms with Gasteiger partial charge in [-0.1, -0.05) is 100 Å². The highest BCUT2D eigenvalue weighted by Gasteiger charge is 2.46. The molecule has 4 aromatic rings. The van der Waals surface area contributed by atoms with Crippen LogP contribution in [0.25, 0.3) is 0 Å². The Kier molecular flexibility index (Phi) is 31.9. The van der Waals surface area contributed by atoms with E-state index in [-0.39, 0.29) is 78.5 Å². The van der Waals surface area contributed by atoms with Crippen LogP contribution in [0.15, 0.2) is 119 Å². The number of ether oxygens (including phenoxy) is 8. The van der Waals surface area contributed by atoms with Crippen molar-refractivity contribution >= 4 is 65.5 Å². The number of hydrogen-bond donors (Lipinski definition) is 5. The molecule has 0 radical (unpaired) electrons. The van der Waals surface area contributed by atoms with Crippen LogP contribution in [0.5, 0.6) is 0 Å². The first kappa shape index (κ1) is 84.7. The molecule has 4 aromatic carbocycles. The molecule has 103 heavy (non-hydrogen) atoms. The average molecular weight is 1490 g/mol. The van der Waals surface area contributed by atoms with E-state index < -0.39 is 96.7 Å². The molecule has 26 nitrogen and oxygen atoms in total. The number of aliphatic hydroxyl groups is 2. The zero-order chi connectivity index (χ0) is 75.9. The van der Waals surface area contributed by atoms with E-state index in [1.165, 1.54) is 44.4 Å². The lowest BCUT2D eigenvalue weighted by Gasteiger charge is -2.35. The summed E-state index contributed by atoms with van der Waals surface area (Å²) in [6.45, 7) is 24.8. The number of aliphatic hydroxyl groups excluding tert-OH is 2. The van der Waals surface area contributed by atoms with Crippen molar-refractivity contribution in [1.82, 2.24) is 20.3 Å². The number of amides is 4. The number of sulfonamides is 1. The maximum Gasteiger partial charge on any atom is 0.414 e. The second-order valence-electron chi connectivity index (χ2n) is 29.4. The van der Waals surface area contributed by atoms with E-state index in [0.717, 1.165) is 24.0 Å². The fourth-order valence-electron chi connectivity index (χ4n) is 12.0. The normalized spacial score (nSPS) is 19.9. The molecule has 0 aliphatic carbocycles. The SMILES string of the molecule is CC(C)(CCC#N)CNC[C@@H](O)[C@H](Cc1ccccc1)NC(=O)O[C@H]1CO[C@H]2OCC[C@H]21.CCN(C(=O)OC(C)(C)C)c1cccc(S(=O)(=O)Cl)c1.CCN(C(=O)OC(C)(C)C)c1cccc(S(=O)(=O)N(C[C@@H](O)[C@H](Cc2ccccc2)NC(=O)O[C@H]2CO[C@H]3OCC[C@H]32)CC(C)(C)CCC#N)c1. The maximum absolute atomic E-state index is 14.5. The Bertz CT molecular complexity index is 3700. The van der Waals surface area contributed by atoms with E-state index in [4.69, 9.17) is 53.8 Å². The Hall–Kier alpha value is -7.19. The number of nitriles is 2. The molecule has 4 amide bonds. The number of anilines is 2. The monoisotopic (exact) mass is 1490 g/mol. The molecule has 8 rings (SSSR count). The smallest absolute Gasteiger partial charge is 0.414 e. The summed E-state index contributed by atoms with van der Waals surface area (Å²) in [4.78, 5) is 53.6. The maximum atomic E-state index is 14.5. The Morgan fingerprint density at radius 2 is 1.03 bits per heavy atom. The van der Waals surface area contributed by atoms with E-state index in [1.807, 2.05) is 74.5 Å². The third-order valence-electron chi connectivity index (χ3n) is 17.4. The van der Waals surface area contributed by atoms with Gasteiger partial charge >= 0.3 is 24.4 Å². The highest BCUT2D eigenvalue weighted by molar-refractivity contribution is 8.13. The molecule has 4 aliphatic heterocycles. The highest BCUT2D eigenvalue weighted by atomic mass is 35.7. The second kappa shape index (κ2) is 38.7. The highest BCUT2D eigenvalue weighted by Crippen LogP contribution is 2.36. The number of benzene rings is 4. The molecule has 0 aromatic heterocycles. The summed E-state index contributed by atoms with van der Waals surface area (Å²) in [7, 11) is -2.84. The summed E-state index contributed by atoms with van der Waals surface area (Å²) in [6, 6.07) is 33.7. The first-order valence-electron chi connectivity index (χ1n) is 34.9. The van der Waals surface area contributed by atoms with Crippen molar-refractivity contribution in [3.8, 4) is 12.1 Å². The average Bonchev–Trinajstić information content (AvgIpc) is 1.51. The van der Waals surface area contributed by atoms with Gasteiger partial charge in [-0.3, -0.25) is 9.80 Å². The summed E-state index contributed by atoms with van der Waals surface area (Å²) < 4.78 is 97.2. The van der Waals surface area contributed by atoms with Gasteiger partial charge in [0.05, 0.1) is 84.5 Å². The predicted octanol–water partition coefficient (Wildman–Crippen LogP) is 11.0. The van der Waals surface area contributed by atoms with Crippen molar-refractivity contribution in [1.29, 1.82) is 10.5 Å². The third-order valence-corrected chi connectivity index (χ3v) is 20.6. The first-order valence-corrected chi connectivity index (χ1v) is 38.7. The zero-order valence-electron chi connectivity index (χ0n) is 61.3. The first-order chi connectivity index (χ1) is 48.4. The topological polar surface area (TPSA) is 344 Å². The number of nitrogens with zero attached hydrogens (tertiary/aromatic N) is 5. The Balaban J connectivity index is 0.000000271. The van der Waals surface area contributed by atoms with Crippen LogP contribution in [0, 0.1) is 45.3 Å². The van der Waals surface area contributed by atoms with Crippen LogP contribution in [-0.2, 0) is 69.8 Å². The molecule has 4 saturated heterocycles. The van der Waals surface area contributed by atoms with Gasteiger partial charge in [-0.05, 0) is 152 Å². The molecule has 29 heteroatoms. The summed E-state index contributed by atoms with van der Waals surface area (Å²) in [5, 5.41) is 49.7. The fourth-order valence-corrected chi connectivity index (χ4v) is 14.5. The van der Waals surface area contributed by atoms with Crippen LogP contribution in [0.4, 0.5) is 30.6 Å². The number of nitrogens with one attached hydrogen (secondary N) is 3. The molecule has 0 spiro atoms.